The van der Waals surface area contributed by atoms with E-state index in [0.717, 1.165) is 22.3 Å². The van der Waals surface area contributed by atoms with Crippen molar-refractivity contribution in [1.29, 1.82) is 0 Å². The molecule has 0 fully saturated rings. The summed E-state index contributed by atoms with van der Waals surface area (Å²) in [5, 5.41) is 10.2. The van der Waals surface area contributed by atoms with Crippen LogP contribution in [0.15, 0.2) is 33.7 Å². The summed E-state index contributed by atoms with van der Waals surface area (Å²) in [6, 6.07) is 7.95. The van der Waals surface area contributed by atoms with Crippen molar-refractivity contribution in [3.05, 3.63) is 35.6 Å². The molecule has 0 aliphatic carbocycles. The smallest absolute Gasteiger partial charge is 0.239 e. The molecule has 1 amide bonds. The lowest BCUT2D eigenvalue weighted by Gasteiger charge is -2.21. The number of guanidine groups is 1. The molecular formula is C18H26N4O2. The molecule has 0 saturated heterocycles. The lowest BCUT2D eigenvalue weighted by molar-refractivity contribution is -0.121. The van der Waals surface area contributed by atoms with Crippen LogP contribution in [0.5, 0.6) is 0 Å². The maximum absolute atomic E-state index is 11.8. The molecule has 0 saturated carbocycles. The van der Waals surface area contributed by atoms with Crippen molar-refractivity contribution in [3.63, 3.8) is 0 Å². The lowest BCUT2D eigenvalue weighted by Crippen LogP contribution is -2.48. The Kier molecular flexibility index (Phi) is 5.49. The zero-order chi connectivity index (χ0) is 17.7. The van der Waals surface area contributed by atoms with Gasteiger partial charge in [-0.1, -0.05) is 18.2 Å². The van der Waals surface area contributed by atoms with Gasteiger partial charge in [-0.15, -0.1) is 0 Å². The van der Waals surface area contributed by atoms with E-state index in [1.165, 1.54) is 0 Å². The van der Waals surface area contributed by atoms with Crippen LogP contribution in [0.3, 0.4) is 0 Å². The molecule has 6 heteroatoms. The van der Waals surface area contributed by atoms with Crippen molar-refractivity contribution in [3.8, 4) is 0 Å². The first-order valence-corrected chi connectivity index (χ1v) is 8.02. The van der Waals surface area contributed by atoms with Gasteiger partial charge in [-0.3, -0.25) is 9.79 Å². The first kappa shape index (κ1) is 17.8. The molecule has 24 heavy (non-hydrogen) atoms. The maximum atomic E-state index is 11.8. The minimum Gasteiger partial charge on any atom is -0.459 e. The number of nitrogens with one attached hydrogen (secondary N) is 3. The highest BCUT2D eigenvalue weighted by molar-refractivity contribution is 5.87. The number of amides is 1. The summed E-state index contributed by atoms with van der Waals surface area (Å²) in [6.07, 6.45) is 0. The summed E-state index contributed by atoms with van der Waals surface area (Å²) in [6.45, 7) is 8.54. The van der Waals surface area contributed by atoms with Gasteiger partial charge in [-0.05, 0) is 33.8 Å². The van der Waals surface area contributed by atoms with Gasteiger partial charge in [-0.25, -0.2) is 0 Å². The van der Waals surface area contributed by atoms with Gasteiger partial charge in [0.25, 0.3) is 0 Å². The third kappa shape index (κ3) is 4.75. The monoisotopic (exact) mass is 330 g/mol. The second kappa shape index (κ2) is 7.38. The van der Waals surface area contributed by atoms with Gasteiger partial charge in [0.1, 0.15) is 11.3 Å². The number of carbonyl (C=O) groups excluding carboxylic acids is 1. The van der Waals surface area contributed by atoms with Gasteiger partial charge >= 0.3 is 0 Å². The second-order valence-electron chi connectivity index (χ2n) is 6.72. The molecule has 0 aliphatic heterocycles. The van der Waals surface area contributed by atoms with Gasteiger partial charge in [0, 0.05) is 23.5 Å². The molecule has 6 nitrogen and oxygen atoms in total. The highest BCUT2D eigenvalue weighted by Crippen LogP contribution is 2.24. The Morgan fingerprint density at radius 3 is 2.54 bits per heavy atom. The average Bonchev–Trinajstić information content (AvgIpc) is 2.83. The van der Waals surface area contributed by atoms with Crippen LogP contribution in [0.1, 0.15) is 32.1 Å². The average molecular weight is 330 g/mol. The molecular weight excluding hydrogens is 304 g/mol. The van der Waals surface area contributed by atoms with Crippen molar-refractivity contribution in [1.82, 2.24) is 16.0 Å². The summed E-state index contributed by atoms with van der Waals surface area (Å²) in [5.41, 5.74) is 1.74. The Morgan fingerprint density at radius 2 is 1.92 bits per heavy atom. The maximum Gasteiger partial charge on any atom is 0.239 e. The molecule has 1 aromatic heterocycles. The number of hydrogen-bond donors (Lipinski definition) is 3. The molecule has 1 heterocycles. The van der Waals surface area contributed by atoms with E-state index in [1.807, 2.05) is 52.0 Å². The van der Waals surface area contributed by atoms with Crippen LogP contribution < -0.4 is 16.0 Å². The number of nitrogens with zero attached hydrogens (tertiary/aromatic N) is 1. The number of furan rings is 1. The van der Waals surface area contributed by atoms with Crippen LogP contribution in [-0.4, -0.2) is 31.0 Å². The number of aliphatic imine (C=N–C) groups is 1. The molecule has 0 spiro atoms. The standard InChI is InChI=1S/C18H26N4O2/c1-12-13-8-6-7-9-14(13)24-15(12)10-20-17(19-5)21-11-16(23)22-18(2,3)4/h6-9H,10-11H2,1-5H3,(H,22,23)(H2,19,20,21). The summed E-state index contributed by atoms with van der Waals surface area (Å²) < 4.78 is 5.86. The quantitative estimate of drug-likeness (QED) is 0.594. The Balaban J connectivity index is 1.91. The van der Waals surface area contributed by atoms with Gasteiger partial charge in [0.05, 0.1) is 13.1 Å². The largest absolute Gasteiger partial charge is 0.459 e. The van der Waals surface area contributed by atoms with Gasteiger partial charge in [0.2, 0.25) is 5.91 Å². The molecule has 130 valence electrons. The third-order valence-corrected chi connectivity index (χ3v) is 3.51. The van der Waals surface area contributed by atoms with E-state index in [4.69, 9.17) is 4.42 Å². The van der Waals surface area contributed by atoms with Crippen LogP contribution in [0, 0.1) is 6.92 Å². The zero-order valence-electron chi connectivity index (χ0n) is 15.0. The number of fused-ring (bicyclic) bond motifs is 1. The van der Waals surface area contributed by atoms with Crippen molar-refractivity contribution >= 4 is 22.8 Å². The molecule has 0 unspecified atom stereocenters. The van der Waals surface area contributed by atoms with Crippen LogP contribution in [0.2, 0.25) is 0 Å². The molecule has 0 atom stereocenters. The van der Waals surface area contributed by atoms with Crippen LogP contribution >= 0.6 is 0 Å². The van der Waals surface area contributed by atoms with Gasteiger partial charge in [-0.2, -0.15) is 0 Å². The summed E-state index contributed by atoms with van der Waals surface area (Å²) >= 11 is 0. The predicted molar refractivity (Wildman–Crippen MR) is 97.0 cm³/mol. The van der Waals surface area contributed by atoms with E-state index in [2.05, 4.69) is 20.9 Å². The topological polar surface area (TPSA) is 78.7 Å². The lowest BCUT2D eigenvalue weighted by atomic mass is 10.1. The van der Waals surface area contributed by atoms with E-state index < -0.39 is 0 Å². The van der Waals surface area contributed by atoms with Gasteiger partial charge in [0.15, 0.2) is 5.96 Å². The zero-order valence-corrected chi connectivity index (χ0v) is 15.0. The second-order valence-corrected chi connectivity index (χ2v) is 6.72. The molecule has 0 aliphatic rings. The Hall–Kier alpha value is -2.50. The molecule has 3 N–H and O–H groups in total. The highest BCUT2D eigenvalue weighted by atomic mass is 16.3. The van der Waals surface area contributed by atoms with Crippen LogP contribution in [0.25, 0.3) is 11.0 Å². The Labute approximate surface area is 142 Å². The van der Waals surface area contributed by atoms with Crippen molar-refractivity contribution in [2.24, 2.45) is 4.99 Å². The fourth-order valence-electron chi connectivity index (χ4n) is 2.40. The van der Waals surface area contributed by atoms with Gasteiger partial charge < -0.3 is 20.4 Å². The first-order valence-electron chi connectivity index (χ1n) is 8.02. The fourth-order valence-corrected chi connectivity index (χ4v) is 2.40. The number of hydrogen-bond acceptors (Lipinski definition) is 3. The summed E-state index contributed by atoms with van der Waals surface area (Å²) in [5.74, 6) is 1.34. The van der Waals surface area contributed by atoms with Crippen LogP contribution in [-0.2, 0) is 11.3 Å². The predicted octanol–water partition coefficient (Wildman–Crippen LogP) is 2.32. The van der Waals surface area contributed by atoms with E-state index in [-0.39, 0.29) is 18.0 Å². The van der Waals surface area contributed by atoms with Crippen LogP contribution in [0.4, 0.5) is 0 Å². The van der Waals surface area contributed by atoms with Crippen molar-refractivity contribution in [2.75, 3.05) is 13.6 Å². The van der Waals surface area contributed by atoms with E-state index in [0.29, 0.717) is 12.5 Å². The minimum absolute atomic E-state index is 0.0784. The number of carbonyl (C=O) groups is 1. The Morgan fingerprint density at radius 1 is 1.21 bits per heavy atom. The summed E-state index contributed by atoms with van der Waals surface area (Å²) in [4.78, 5) is 16.0. The first-order chi connectivity index (χ1) is 11.3. The molecule has 0 bridgehead atoms. The molecule has 1 aromatic carbocycles. The number of benzene rings is 1. The SMILES string of the molecule is CN=C(NCC(=O)NC(C)(C)C)NCc1oc2ccccc2c1C. The highest BCUT2D eigenvalue weighted by Gasteiger charge is 2.14. The summed E-state index contributed by atoms with van der Waals surface area (Å²) in [7, 11) is 1.67. The Bertz CT molecular complexity index is 741. The van der Waals surface area contributed by atoms with E-state index in [1.54, 1.807) is 7.05 Å². The number of para-hydroxylation sites is 1. The van der Waals surface area contributed by atoms with E-state index >= 15 is 0 Å². The number of aryl methyl sites for hydroxylation is 1. The molecule has 2 rings (SSSR count). The van der Waals surface area contributed by atoms with Crippen molar-refractivity contribution in [2.45, 2.75) is 39.8 Å². The number of rotatable bonds is 4. The molecule has 0 radical (unpaired) electrons. The molecule has 2 aromatic rings. The van der Waals surface area contributed by atoms with E-state index in [9.17, 15) is 4.79 Å². The third-order valence-electron chi connectivity index (χ3n) is 3.51. The fraction of sp³-hybridized carbons (Fsp3) is 0.444. The van der Waals surface area contributed by atoms with Crippen molar-refractivity contribution < 1.29 is 9.21 Å². The normalized spacial score (nSPS) is 12.3. The minimum atomic E-state index is -0.249.